The lowest BCUT2D eigenvalue weighted by Crippen LogP contribution is -2.41. The minimum atomic E-state index is 0.239. The summed E-state index contributed by atoms with van der Waals surface area (Å²) in [6, 6.07) is 25.4. The van der Waals surface area contributed by atoms with Crippen LogP contribution in [0.2, 0.25) is 0 Å². The predicted octanol–water partition coefficient (Wildman–Crippen LogP) is 3.80. The van der Waals surface area contributed by atoms with Gasteiger partial charge >= 0.3 is 0 Å². The topological polar surface area (TPSA) is 61.8 Å². The molecule has 1 aliphatic heterocycles. The van der Waals surface area contributed by atoms with E-state index in [4.69, 9.17) is 4.74 Å². The average Bonchev–Trinajstić information content (AvgIpc) is 2.87. The first-order valence-corrected chi connectivity index (χ1v) is 11.6. The highest BCUT2D eigenvalue weighted by molar-refractivity contribution is 5.79. The summed E-state index contributed by atoms with van der Waals surface area (Å²) in [5, 5.41) is 6.92. The molecule has 3 aromatic rings. The molecule has 2 aromatic carbocycles. The van der Waals surface area contributed by atoms with Gasteiger partial charge in [0, 0.05) is 45.3 Å². The lowest BCUT2D eigenvalue weighted by atomic mass is 9.91. The normalized spacial score (nSPS) is 16.6. The van der Waals surface area contributed by atoms with Gasteiger partial charge in [0.05, 0.1) is 12.7 Å². The molecule has 0 radical (unpaired) electrons. The van der Waals surface area contributed by atoms with Gasteiger partial charge in [-0.2, -0.15) is 0 Å². The van der Waals surface area contributed by atoms with Crippen molar-refractivity contribution in [2.45, 2.75) is 25.5 Å². The van der Waals surface area contributed by atoms with E-state index in [9.17, 15) is 0 Å². The molecule has 33 heavy (non-hydrogen) atoms. The van der Waals surface area contributed by atoms with Gasteiger partial charge in [-0.25, -0.2) is 4.98 Å². The summed E-state index contributed by atoms with van der Waals surface area (Å²) in [6.45, 7) is 6.03. The third-order valence-electron chi connectivity index (χ3n) is 5.94. The number of hydrogen-bond acceptors (Lipinski definition) is 4. The van der Waals surface area contributed by atoms with E-state index in [-0.39, 0.29) is 12.0 Å². The van der Waals surface area contributed by atoms with Gasteiger partial charge in [0.1, 0.15) is 5.82 Å². The van der Waals surface area contributed by atoms with Crippen molar-refractivity contribution in [3.05, 3.63) is 95.7 Å². The lowest BCUT2D eigenvalue weighted by Gasteiger charge is -2.32. The summed E-state index contributed by atoms with van der Waals surface area (Å²) in [5.74, 6) is 2.02. The second-order valence-corrected chi connectivity index (χ2v) is 8.33. The van der Waals surface area contributed by atoms with Crippen LogP contribution in [0.4, 0.5) is 5.82 Å². The summed E-state index contributed by atoms with van der Waals surface area (Å²) in [6.07, 6.45) is 2.18. The van der Waals surface area contributed by atoms with Gasteiger partial charge in [-0.05, 0) is 29.7 Å². The van der Waals surface area contributed by atoms with E-state index in [1.807, 2.05) is 6.20 Å². The van der Waals surface area contributed by atoms with Crippen LogP contribution in [0.25, 0.3) is 0 Å². The van der Waals surface area contributed by atoms with Gasteiger partial charge in [-0.1, -0.05) is 66.7 Å². The van der Waals surface area contributed by atoms with Crippen LogP contribution in [0.5, 0.6) is 0 Å². The SMILES string of the molecule is CN=C(NCc1ccc(N2CCOC(C)C2)nc1)NCC(c1ccccc1)c1ccccc1. The number of ether oxygens (including phenoxy) is 1. The number of benzene rings is 2. The van der Waals surface area contributed by atoms with Crippen LogP contribution in [0, 0.1) is 0 Å². The molecule has 1 fully saturated rings. The molecule has 1 aromatic heterocycles. The first kappa shape index (κ1) is 22.8. The van der Waals surface area contributed by atoms with E-state index in [0.717, 1.165) is 43.6 Å². The second kappa shape index (κ2) is 11.5. The number of aliphatic imine (C=N–C) groups is 1. The van der Waals surface area contributed by atoms with E-state index in [1.54, 1.807) is 7.05 Å². The molecule has 0 amide bonds. The zero-order valence-corrected chi connectivity index (χ0v) is 19.4. The Morgan fingerprint density at radius 2 is 1.73 bits per heavy atom. The van der Waals surface area contributed by atoms with Crippen molar-refractivity contribution in [3.63, 3.8) is 0 Å². The fraction of sp³-hybridized carbons (Fsp3) is 0.333. The second-order valence-electron chi connectivity index (χ2n) is 8.33. The van der Waals surface area contributed by atoms with Crippen molar-refractivity contribution in [2.24, 2.45) is 4.99 Å². The summed E-state index contributed by atoms with van der Waals surface area (Å²) in [4.78, 5) is 11.4. The van der Waals surface area contributed by atoms with Gasteiger partial charge in [-0.15, -0.1) is 0 Å². The Morgan fingerprint density at radius 3 is 2.30 bits per heavy atom. The molecule has 6 heteroatoms. The van der Waals surface area contributed by atoms with Crippen LogP contribution in [-0.2, 0) is 11.3 Å². The molecule has 0 saturated carbocycles. The first-order valence-electron chi connectivity index (χ1n) is 11.6. The van der Waals surface area contributed by atoms with E-state index in [2.05, 4.69) is 105 Å². The smallest absolute Gasteiger partial charge is 0.191 e. The molecule has 172 valence electrons. The number of morpholine rings is 1. The van der Waals surface area contributed by atoms with Gasteiger partial charge in [-0.3, -0.25) is 4.99 Å². The maximum Gasteiger partial charge on any atom is 0.191 e. The van der Waals surface area contributed by atoms with Crippen molar-refractivity contribution in [1.29, 1.82) is 0 Å². The Balaban J connectivity index is 1.34. The summed E-state index contributed by atoms with van der Waals surface area (Å²) < 4.78 is 5.63. The van der Waals surface area contributed by atoms with Gasteiger partial charge in [0.2, 0.25) is 0 Å². The van der Waals surface area contributed by atoms with Gasteiger partial charge < -0.3 is 20.3 Å². The minimum Gasteiger partial charge on any atom is -0.375 e. The number of aromatic nitrogens is 1. The molecule has 1 aliphatic rings. The molecule has 2 heterocycles. The molecule has 0 aliphatic carbocycles. The molecule has 1 saturated heterocycles. The number of anilines is 1. The number of nitrogens with one attached hydrogen (secondary N) is 2. The summed E-state index contributed by atoms with van der Waals surface area (Å²) in [5.41, 5.74) is 3.68. The molecular weight excluding hydrogens is 410 g/mol. The molecule has 4 rings (SSSR count). The highest BCUT2D eigenvalue weighted by Gasteiger charge is 2.18. The Kier molecular flexibility index (Phi) is 7.93. The van der Waals surface area contributed by atoms with E-state index in [0.29, 0.717) is 6.54 Å². The quantitative estimate of drug-likeness (QED) is 0.430. The molecule has 0 bridgehead atoms. The summed E-state index contributed by atoms with van der Waals surface area (Å²) in [7, 11) is 1.80. The average molecular weight is 444 g/mol. The zero-order chi connectivity index (χ0) is 22.9. The largest absolute Gasteiger partial charge is 0.375 e. The van der Waals surface area contributed by atoms with Crippen LogP contribution in [0.3, 0.4) is 0 Å². The predicted molar refractivity (Wildman–Crippen MR) is 135 cm³/mol. The lowest BCUT2D eigenvalue weighted by molar-refractivity contribution is 0.0529. The van der Waals surface area contributed by atoms with Crippen molar-refractivity contribution < 1.29 is 4.74 Å². The van der Waals surface area contributed by atoms with Crippen molar-refractivity contribution in [1.82, 2.24) is 15.6 Å². The van der Waals surface area contributed by atoms with Gasteiger partial charge in [0.25, 0.3) is 0 Å². The van der Waals surface area contributed by atoms with Crippen LogP contribution >= 0.6 is 0 Å². The molecule has 1 unspecified atom stereocenters. The fourth-order valence-electron chi connectivity index (χ4n) is 4.14. The third kappa shape index (κ3) is 6.33. The van der Waals surface area contributed by atoms with Crippen LogP contribution in [0.1, 0.15) is 29.5 Å². The van der Waals surface area contributed by atoms with Crippen LogP contribution in [0.15, 0.2) is 84.0 Å². The first-order chi connectivity index (χ1) is 16.2. The zero-order valence-electron chi connectivity index (χ0n) is 19.4. The fourth-order valence-corrected chi connectivity index (χ4v) is 4.14. The monoisotopic (exact) mass is 443 g/mol. The molecular formula is C27H33N5O. The molecule has 1 atom stereocenters. The van der Waals surface area contributed by atoms with Crippen molar-refractivity contribution in [3.8, 4) is 0 Å². The Morgan fingerprint density at radius 1 is 1.03 bits per heavy atom. The standard InChI is InChI=1S/C27H33N5O/c1-21-20-32(15-16-33-21)26-14-13-22(17-29-26)18-30-27(28-2)31-19-25(23-9-5-3-6-10-23)24-11-7-4-8-12-24/h3-14,17,21,25H,15-16,18-20H2,1-2H3,(H2,28,30,31). The molecule has 2 N–H and O–H groups in total. The number of rotatable bonds is 7. The van der Waals surface area contributed by atoms with E-state index in [1.165, 1.54) is 11.1 Å². The highest BCUT2D eigenvalue weighted by atomic mass is 16.5. The van der Waals surface area contributed by atoms with Gasteiger partial charge in [0.15, 0.2) is 5.96 Å². The van der Waals surface area contributed by atoms with Crippen LogP contribution in [-0.4, -0.2) is 50.3 Å². The number of guanidine groups is 1. The third-order valence-corrected chi connectivity index (χ3v) is 5.94. The highest BCUT2D eigenvalue weighted by Crippen LogP contribution is 2.23. The molecule has 6 nitrogen and oxygen atoms in total. The summed E-state index contributed by atoms with van der Waals surface area (Å²) >= 11 is 0. The Labute approximate surface area is 196 Å². The Bertz CT molecular complexity index is 968. The number of nitrogens with zero attached hydrogens (tertiary/aromatic N) is 3. The van der Waals surface area contributed by atoms with Crippen LogP contribution < -0.4 is 15.5 Å². The molecule has 0 spiro atoms. The van der Waals surface area contributed by atoms with Crippen molar-refractivity contribution >= 4 is 11.8 Å². The van der Waals surface area contributed by atoms with E-state index >= 15 is 0 Å². The van der Waals surface area contributed by atoms with E-state index < -0.39 is 0 Å². The van der Waals surface area contributed by atoms with Crippen molar-refractivity contribution in [2.75, 3.05) is 38.2 Å². The number of hydrogen-bond donors (Lipinski definition) is 2. The minimum absolute atomic E-state index is 0.239. The maximum absolute atomic E-state index is 5.63. The Hall–Kier alpha value is -3.38. The number of pyridine rings is 1. The maximum atomic E-state index is 5.63.